The monoisotopic (exact) mass is 516 g/mol. The third-order valence-electron chi connectivity index (χ3n) is 6.52. The standard InChI is InChI=1S/C31H30F2N2O3/c1-2-3-4-7-18-34-31(38)29-24(15-17-28(36)37)30(35-27-16-14-22(32)19-25(27)29)21-12-10-20(11-13-21)23-8-5-6-9-26(23)33/h5-6,8-14,16,19H,2-4,7,15,17-18H2,1H3,(H,34,38)(H,36,37). The fourth-order valence-electron chi connectivity index (χ4n) is 4.59. The zero-order chi connectivity index (χ0) is 27.1. The maximum absolute atomic E-state index is 14.3. The van der Waals surface area contributed by atoms with E-state index < -0.39 is 11.8 Å². The first-order valence-electron chi connectivity index (χ1n) is 12.9. The van der Waals surface area contributed by atoms with Crippen LogP contribution < -0.4 is 5.32 Å². The van der Waals surface area contributed by atoms with Gasteiger partial charge >= 0.3 is 5.97 Å². The van der Waals surface area contributed by atoms with Crippen LogP contribution in [0.4, 0.5) is 8.78 Å². The van der Waals surface area contributed by atoms with Gasteiger partial charge in [0.05, 0.1) is 16.8 Å². The number of amides is 1. The largest absolute Gasteiger partial charge is 0.481 e. The number of fused-ring (bicyclic) bond motifs is 1. The number of carboxylic acid groups (broad SMARTS) is 1. The van der Waals surface area contributed by atoms with Crippen molar-refractivity contribution >= 4 is 22.8 Å². The number of pyridine rings is 1. The van der Waals surface area contributed by atoms with Crippen molar-refractivity contribution in [2.45, 2.75) is 45.4 Å². The SMILES string of the molecule is CCCCCCNC(=O)c1c(CCC(=O)O)c(-c2ccc(-c3ccccc3F)cc2)nc2ccc(F)cc12. The van der Waals surface area contributed by atoms with Gasteiger partial charge in [-0.25, -0.2) is 13.8 Å². The lowest BCUT2D eigenvalue weighted by molar-refractivity contribution is -0.136. The minimum absolute atomic E-state index is 0.0395. The Hall–Kier alpha value is -4.13. The summed E-state index contributed by atoms with van der Waals surface area (Å²) in [7, 11) is 0. The maximum atomic E-state index is 14.3. The molecular formula is C31H30F2N2O3. The fraction of sp³-hybridized carbons (Fsp3) is 0.258. The van der Waals surface area contributed by atoms with Crippen LogP contribution in [0.5, 0.6) is 0 Å². The van der Waals surface area contributed by atoms with E-state index in [1.165, 1.54) is 24.3 Å². The summed E-state index contributed by atoms with van der Waals surface area (Å²) in [6.45, 7) is 2.57. The van der Waals surface area contributed by atoms with Gasteiger partial charge in [0.25, 0.3) is 5.91 Å². The average Bonchev–Trinajstić information content (AvgIpc) is 2.91. The molecule has 1 aromatic heterocycles. The quantitative estimate of drug-likeness (QED) is 0.207. The highest BCUT2D eigenvalue weighted by molar-refractivity contribution is 6.09. The topological polar surface area (TPSA) is 79.3 Å². The molecule has 0 radical (unpaired) electrons. The molecule has 0 aliphatic rings. The number of carbonyl (C=O) groups excluding carboxylic acids is 1. The summed E-state index contributed by atoms with van der Waals surface area (Å²) < 4.78 is 28.6. The highest BCUT2D eigenvalue weighted by Crippen LogP contribution is 2.33. The second-order valence-corrected chi connectivity index (χ2v) is 9.24. The number of rotatable bonds is 11. The summed E-state index contributed by atoms with van der Waals surface area (Å²) in [6, 6.07) is 17.6. The van der Waals surface area contributed by atoms with Crippen molar-refractivity contribution in [1.82, 2.24) is 10.3 Å². The molecule has 0 unspecified atom stereocenters. The normalized spacial score (nSPS) is 11.0. The number of benzene rings is 3. The molecule has 196 valence electrons. The van der Waals surface area contributed by atoms with Crippen LogP contribution in [0.3, 0.4) is 0 Å². The number of hydrogen-bond donors (Lipinski definition) is 2. The van der Waals surface area contributed by atoms with E-state index in [0.29, 0.717) is 45.4 Å². The second-order valence-electron chi connectivity index (χ2n) is 9.24. The Balaban J connectivity index is 1.82. The molecule has 4 rings (SSSR count). The molecule has 0 fully saturated rings. The van der Waals surface area contributed by atoms with Crippen LogP contribution >= 0.6 is 0 Å². The summed E-state index contributed by atoms with van der Waals surface area (Å²) in [5.41, 5.74) is 3.32. The number of unbranched alkanes of at least 4 members (excludes halogenated alkanes) is 3. The Kier molecular flexibility index (Phi) is 8.79. The molecule has 3 aromatic carbocycles. The Morgan fingerprint density at radius 2 is 1.66 bits per heavy atom. The van der Waals surface area contributed by atoms with Crippen molar-refractivity contribution in [3.63, 3.8) is 0 Å². The van der Waals surface area contributed by atoms with Crippen LogP contribution in [0.25, 0.3) is 33.3 Å². The van der Waals surface area contributed by atoms with E-state index in [9.17, 15) is 23.5 Å². The second kappa shape index (κ2) is 12.4. The van der Waals surface area contributed by atoms with Crippen LogP contribution in [0, 0.1) is 11.6 Å². The number of nitrogens with one attached hydrogen (secondary N) is 1. The number of nitrogens with zero attached hydrogens (tertiary/aromatic N) is 1. The Bertz CT molecular complexity index is 1450. The molecule has 1 amide bonds. The minimum Gasteiger partial charge on any atom is -0.481 e. The van der Waals surface area contributed by atoms with Crippen molar-refractivity contribution in [3.8, 4) is 22.4 Å². The van der Waals surface area contributed by atoms with E-state index in [0.717, 1.165) is 25.7 Å². The van der Waals surface area contributed by atoms with Crippen LogP contribution in [-0.2, 0) is 11.2 Å². The number of aliphatic carboxylic acids is 1. The molecule has 4 aromatic rings. The van der Waals surface area contributed by atoms with Crippen LogP contribution in [-0.4, -0.2) is 28.5 Å². The van der Waals surface area contributed by atoms with E-state index in [2.05, 4.69) is 12.2 Å². The van der Waals surface area contributed by atoms with Crippen molar-refractivity contribution in [1.29, 1.82) is 0 Å². The molecule has 0 spiro atoms. The van der Waals surface area contributed by atoms with E-state index in [1.807, 2.05) is 0 Å². The van der Waals surface area contributed by atoms with Gasteiger partial charge < -0.3 is 10.4 Å². The number of halogens is 2. The van der Waals surface area contributed by atoms with Gasteiger partial charge in [-0.3, -0.25) is 9.59 Å². The predicted molar refractivity (Wildman–Crippen MR) is 145 cm³/mol. The van der Waals surface area contributed by atoms with Crippen molar-refractivity contribution in [3.05, 3.63) is 89.5 Å². The van der Waals surface area contributed by atoms with Crippen LogP contribution in [0.15, 0.2) is 66.7 Å². The van der Waals surface area contributed by atoms with E-state index in [4.69, 9.17) is 4.98 Å². The average molecular weight is 517 g/mol. The van der Waals surface area contributed by atoms with Gasteiger partial charge in [0.15, 0.2) is 0 Å². The van der Waals surface area contributed by atoms with Crippen molar-refractivity contribution in [2.75, 3.05) is 6.54 Å². The maximum Gasteiger partial charge on any atom is 0.303 e. The minimum atomic E-state index is -1.02. The smallest absolute Gasteiger partial charge is 0.303 e. The van der Waals surface area contributed by atoms with Gasteiger partial charge in [-0.15, -0.1) is 0 Å². The van der Waals surface area contributed by atoms with Gasteiger partial charge in [0.2, 0.25) is 0 Å². The summed E-state index contributed by atoms with van der Waals surface area (Å²) in [5, 5.41) is 12.7. The number of aromatic nitrogens is 1. The molecule has 0 bridgehead atoms. The van der Waals surface area contributed by atoms with Crippen molar-refractivity contribution in [2.24, 2.45) is 0 Å². The molecule has 0 saturated carbocycles. The zero-order valence-electron chi connectivity index (χ0n) is 21.3. The molecule has 7 heteroatoms. The highest BCUT2D eigenvalue weighted by atomic mass is 19.1. The molecule has 0 aliphatic heterocycles. The predicted octanol–water partition coefficient (Wildman–Crippen LogP) is 7.17. The first-order valence-corrected chi connectivity index (χ1v) is 12.9. The number of carboxylic acids is 1. The third-order valence-corrected chi connectivity index (χ3v) is 6.52. The summed E-state index contributed by atoms with van der Waals surface area (Å²) in [4.78, 5) is 29.7. The van der Waals surface area contributed by atoms with E-state index in [1.54, 1.807) is 42.5 Å². The lowest BCUT2D eigenvalue weighted by atomic mass is 9.92. The Labute approximate surface area is 220 Å². The van der Waals surface area contributed by atoms with Crippen LogP contribution in [0.2, 0.25) is 0 Å². The number of carbonyl (C=O) groups is 2. The molecular weight excluding hydrogens is 486 g/mol. The van der Waals surface area contributed by atoms with Crippen LogP contribution in [0.1, 0.15) is 54.9 Å². The van der Waals surface area contributed by atoms with E-state index >= 15 is 0 Å². The van der Waals surface area contributed by atoms with Gasteiger partial charge in [-0.05, 0) is 48.2 Å². The van der Waals surface area contributed by atoms with Gasteiger partial charge in [0, 0.05) is 29.5 Å². The fourth-order valence-corrected chi connectivity index (χ4v) is 4.59. The molecule has 0 aliphatic carbocycles. The lowest BCUT2D eigenvalue weighted by Gasteiger charge is -2.17. The zero-order valence-corrected chi connectivity index (χ0v) is 21.3. The summed E-state index contributed by atoms with van der Waals surface area (Å²) in [5.74, 6) is -2.26. The highest BCUT2D eigenvalue weighted by Gasteiger charge is 2.23. The molecule has 0 saturated heterocycles. The van der Waals surface area contributed by atoms with E-state index in [-0.39, 0.29) is 30.1 Å². The first-order chi connectivity index (χ1) is 18.4. The molecule has 2 N–H and O–H groups in total. The lowest BCUT2D eigenvalue weighted by Crippen LogP contribution is -2.26. The number of hydrogen-bond acceptors (Lipinski definition) is 3. The van der Waals surface area contributed by atoms with Crippen molar-refractivity contribution < 1.29 is 23.5 Å². The van der Waals surface area contributed by atoms with Gasteiger partial charge in [-0.2, -0.15) is 0 Å². The molecule has 5 nitrogen and oxygen atoms in total. The summed E-state index contributed by atoms with van der Waals surface area (Å²) >= 11 is 0. The van der Waals surface area contributed by atoms with Gasteiger partial charge in [0.1, 0.15) is 11.6 Å². The first kappa shape index (κ1) is 26.9. The Morgan fingerprint density at radius 1 is 0.921 bits per heavy atom. The molecule has 1 heterocycles. The molecule has 0 atom stereocenters. The Morgan fingerprint density at radius 3 is 2.37 bits per heavy atom. The van der Waals surface area contributed by atoms with Gasteiger partial charge in [-0.1, -0.05) is 68.7 Å². The summed E-state index contributed by atoms with van der Waals surface area (Å²) in [6.07, 6.45) is 3.74. The molecule has 38 heavy (non-hydrogen) atoms. The third kappa shape index (κ3) is 6.22.